The minimum atomic E-state index is -0.606. The molecule has 6 heteroatoms. The molecule has 0 N–H and O–H groups in total. The van der Waals surface area contributed by atoms with Crippen molar-refractivity contribution < 1.29 is 19.1 Å². The first-order valence-electron chi connectivity index (χ1n) is 11.6. The van der Waals surface area contributed by atoms with E-state index in [1.54, 1.807) is 0 Å². The van der Waals surface area contributed by atoms with E-state index in [4.69, 9.17) is 9.47 Å². The number of nitrogens with zero attached hydrogens (tertiary/aromatic N) is 2. The minimum Gasteiger partial charge on any atom is -0.485 e. The molecule has 4 bridgehead atoms. The molecule has 7 rings (SSSR count). The predicted octanol–water partition coefficient (Wildman–Crippen LogP) is 2.71. The van der Waals surface area contributed by atoms with E-state index in [9.17, 15) is 9.59 Å². The van der Waals surface area contributed by atoms with Crippen LogP contribution in [0.25, 0.3) is 0 Å². The van der Waals surface area contributed by atoms with E-state index in [1.807, 2.05) is 34.1 Å². The third-order valence-corrected chi connectivity index (χ3v) is 8.15. The van der Waals surface area contributed by atoms with Crippen molar-refractivity contribution in [1.29, 1.82) is 0 Å². The highest BCUT2D eigenvalue weighted by atomic mass is 16.6. The van der Waals surface area contributed by atoms with Crippen molar-refractivity contribution in [1.82, 2.24) is 9.80 Å². The summed E-state index contributed by atoms with van der Waals surface area (Å²) < 4.78 is 11.6. The van der Waals surface area contributed by atoms with Crippen LogP contribution in [0.1, 0.15) is 38.5 Å². The molecule has 1 aromatic rings. The summed E-state index contributed by atoms with van der Waals surface area (Å²) in [6, 6.07) is 7.45. The molecule has 0 unspecified atom stereocenters. The van der Waals surface area contributed by atoms with Gasteiger partial charge in [0.25, 0.3) is 5.91 Å². The van der Waals surface area contributed by atoms with Gasteiger partial charge in [-0.25, -0.2) is 0 Å². The monoisotopic (exact) mass is 410 g/mol. The molecular formula is C24H30N2O4. The Morgan fingerprint density at radius 1 is 0.833 bits per heavy atom. The van der Waals surface area contributed by atoms with Crippen molar-refractivity contribution in [2.24, 2.45) is 23.2 Å². The van der Waals surface area contributed by atoms with Gasteiger partial charge in [-0.05, 0) is 68.4 Å². The lowest BCUT2D eigenvalue weighted by atomic mass is 9.49. The van der Waals surface area contributed by atoms with Gasteiger partial charge in [-0.15, -0.1) is 0 Å². The summed E-state index contributed by atoms with van der Waals surface area (Å²) in [5.74, 6) is 3.97. The van der Waals surface area contributed by atoms with Gasteiger partial charge < -0.3 is 19.3 Å². The molecule has 1 atom stereocenters. The summed E-state index contributed by atoms with van der Waals surface area (Å²) in [6.45, 7) is 2.67. The molecule has 4 aliphatic carbocycles. The van der Waals surface area contributed by atoms with E-state index in [2.05, 4.69) is 0 Å². The van der Waals surface area contributed by atoms with Gasteiger partial charge in [-0.3, -0.25) is 9.59 Å². The number of hydrogen-bond donors (Lipinski definition) is 0. The van der Waals surface area contributed by atoms with Crippen molar-refractivity contribution >= 4 is 11.8 Å². The summed E-state index contributed by atoms with van der Waals surface area (Å²) in [7, 11) is 0. The van der Waals surface area contributed by atoms with Gasteiger partial charge >= 0.3 is 0 Å². The number of hydrogen-bond acceptors (Lipinski definition) is 4. The van der Waals surface area contributed by atoms with Crippen LogP contribution in [0, 0.1) is 23.2 Å². The third kappa shape index (κ3) is 2.98. The maximum absolute atomic E-state index is 13.5. The van der Waals surface area contributed by atoms with Gasteiger partial charge in [-0.2, -0.15) is 0 Å². The summed E-state index contributed by atoms with van der Waals surface area (Å²) in [5.41, 5.74) is -0.0923. The molecule has 2 amide bonds. The lowest BCUT2D eigenvalue weighted by Gasteiger charge is -2.57. The summed E-state index contributed by atoms with van der Waals surface area (Å²) in [4.78, 5) is 30.4. The molecule has 4 saturated carbocycles. The Balaban J connectivity index is 1.08. The largest absolute Gasteiger partial charge is 0.485 e. The van der Waals surface area contributed by atoms with E-state index in [0.29, 0.717) is 43.6 Å². The number of para-hydroxylation sites is 2. The number of benzene rings is 1. The van der Waals surface area contributed by atoms with E-state index in [0.717, 1.165) is 37.0 Å². The Morgan fingerprint density at radius 3 is 2.03 bits per heavy atom. The highest BCUT2D eigenvalue weighted by molar-refractivity contribution is 5.85. The molecule has 2 heterocycles. The number of piperazine rings is 1. The molecule has 0 radical (unpaired) electrons. The average Bonchev–Trinajstić information content (AvgIpc) is 2.77. The van der Waals surface area contributed by atoms with Gasteiger partial charge in [0, 0.05) is 26.2 Å². The number of fused-ring (bicyclic) bond motifs is 1. The van der Waals surface area contributed by atoms with E-state index in [-0.39, 0.29) is 17.9 Å². The Bertz CT molecular complexity index is 825. The quantitative estimate of drug-likeness (QED) is 0.752. The van der Waals surface area contributed by atoms with Crippen molar-refractivity contribution in [3.63, 3.8) is 0 Å². The van der Waals surface area contributed by atoms with Crippen LogP contribution in [0.3, 0.4) is 0 Å². The second-order valence-electron chi connectivity index (χ2n) is 10.2. The maximum atomic E-state index is 13.5. The zero-order valence-electron chi connectivity index (χ0n) is 17.4. The summed E-state index contributed by atoms with van der Waals surface area (Å²) >= 11 is 0. The molecule has 1 aromatic carbocycles. The van der Waals surface area contributed by atoms with Crippen molar-refractivity contribution in [3.05, 3.63) is 24.3 Å². The van der Waals surface area contributed by atoms with Crippen LogP contribution >= 0.6 is 0 Å². The zero-order chi connectivity index (χ0) is 20.3. The molecule has 6 aliphatic rings. The third-order valence-electron chi connectivity index (χ3n) is 8.15. The summed E-state index contributed by atoms with van der Waals surface area (Å²) in [5, 5.41) is 0. The van der Waals surface area contributed by atoms with Crippen molar-refractivity contribution in [3.8, 4) is 11.5 Å². The lowest BCUT2D eigenvalue weighted by molar-refractivity contribution is -0.161. The van der Waals surface area contributed by atoms with Crippen LogP contribution in [0.15, 0.2) is 24.3 Å². The van der Waals surface area contributed by atoms with E-state index < -0.39 is 6.10 Å². The molecule has 2 aliphatic heterocycles. The van der Waals surface area contributed by atoms with Crippen LogP contribution in [-0.4, -0.2) is 60.5 Å². The van der Waals surface area contributed by atoms with Gasteiger partial charge in [-0.1, -0.05) is 12.1 Å². The predicted molar refractivity (Wildman–Crippen MR) is 110 cm³/mol. The molecule has 0 aromatic heterocycles. The number of carbonyl (C=O) groups excluding carboxylic acids is 2. The topological polar surface area (TPSA) is 59.1 Å². The van der Waals surface area contributed by atoms with Crippen LogP contribution in [0.4, 0.5) is 0 Å². The number of carbonyl (C=O) groups is 2. The zero-order valence-corrected chi connectivity index (χ0v) is 17.4. The van der Waals surface area contributed by atoms with Crippen LogP contribution in [0.5, 0.6) is 11.5 Å². The highest BCUT2D eigenvalue weighted by Gasteiger charge is 2.55. The van der Waals surface area contributed by atoms with Gasteiger partial charge in [0.2, 0.25) is 12.0 Å². The first-order chi connectivity index (χ1) is 14.6. The highest BCUT2D eigenvalue weighted by Crippen LogP contribution is 2.60. The fraction of sp³-hybridized carbons (Fsp3) is 0.667. The lowest BCUT2D eigenvalue weighted by Crippen LogP contribution is -2.60. The first kappa shape index (κ1) is 18.5. The standard InChI is InChI=1S/C24H30N2O4/c27-22(21-15-29-19-3-1-2-4-20(19)30-21)25-5-7-26(8-6-25)23(28)24-12-16-9-17(13-24)11-18(10-16)14-24/h1-4,16-18,21H,5-15H2/t16?,17?,18?,21-,24?/m0/s1. The molecule has 160 valence electrons. The van der Waals surface area contributed by atoms with Crippen molar-refractivity contribution in [2.75, 3.05) is 32.8 Å². The number of ether oxygens (including phenoxy) is 2. The van der Waals surface area contributed by atoms with Gasteiger partial charge in [0.05, 0.1) is 5.41 Å². The SMILES string of the molecule is O=C([C@@H]1COc2ccccc2O1)N1CCN(C(=O)C23CC4CC(CC(C4)C2)C3)CC1. The van der Waals surface area contributed by atoms with Gasteiger partial charge in [0.1, 0.15) is 6.61 Å². The van der Waals surface area contributed by atoms with Crippen LogP contribution in [0.2, 0.25) is 0 Å². The minimum absolute atomic E-state index is 0.0357. The van der Waals surface area contributed by atoms with E-state index in [1.165, 1.54) is 19.3 Å². The first-order valence-corrected chi connectivity index (χ1v) is 11.6. The Kier molecular flexibility index (Phi) is 4.26. The normalized spacial score (nSPS) is 36.7. The molecular weight excluding hydrogens is 380 g/mol. The number of amides is 2. The fourth-order valence-electron chi connectivity index (χ4n) is 7.18. The van der Waals surface area contributed by atoms with E-state index >= 15 is 0 Å². The smallest absolute Gasteiger partial charge is 0.267 e. The Hall–Kier alpha value is -2.24. The second-order valence-corrected chi connectivity index (χ2v) is 10.2. The average molecular weight is 411 g/mol. The Labute approximate surface area is 177 Å². The molecule has 6 nitrogen and oxygen atoms in total. The molecule has 30 heavy (non-hydrogen) atoms. The summed E-state index contributed by atoms with van der Waals surface area (Å²) in [6.07, 6.45) is 6.74. The van der Waals surface area contributed by atoms with Crippen LogP contribution in [-0.2, 0) is 9.59 Å². The van der Waals surface area contributed by atoms with Crippen molar-refractivity contribution in [2.45, 2.75) is 44.6 Å². The molecule has 5 fully saturated rings. The van der Waals surface area contributed by atoms with Crippen LogP contribution < -0.4 is 9.47 Å². The Morgan fingerprint density at radius 2 is 1.40 bits per heavy atom. The number of rotatable bonds is 2. The second kappa shape index (κ2) is 6.89. The maximum Gasteiger partial charge on any atom is 0.267 e. The molecule has 1 saturated heterocycles. The molecule has 0 spiro atoms. The van der Waals surface area contributed by atoms with Gasteiger partial charge in [0.15, 0.2) is 11.5 Å². The fourth-order valence-corrected chi connectivity index (χ4v) is 7.18.